The first-order chi connectivity index (χ1) is 12.1. The summed E-state index contributed by atoms with van der Waals surface area (Å²) < 4.78 is 10.7. The van der Waals surface area contributed by atoms with Crippen molar-refractivity contribution in [2.75, 3.05) is 34.9 Å². The number of methoxy groups -OCH3 is 2. The molecule has 0 unspecified atom stereocenters. The first-order valence-electron chi connectivity index (χ1n) is 8.34. The normalized spacial score (nSPS) is 10.7. The van der Waals surface area contributed by atoms with Gasteiger partial charge in [-0.3, -0.25) is 0 Å². The lowest BCUT2D eigenvalue weighted by atomic mass is 10.1. The zero-order valence-electron chi connectivity index (χ0n) is 15.9. The number of nitrogens with one attached hydrogen (secondary N) is 1. The molecule has 142 valence electrons. The van der Waals surface area contributed by atoms with E-state index in [0.29, 0.717) is 6.54 Å². The fraction of sp³-hybridized carbons (Fsp3) is 0.350. The average molecular weight is 469 g/mol. The summed E-state index contributed by atoms with van der Waals surface area (Å²) in [6.45, 7) is 1.42. The number of halogens is 1. The van der Waals surface area contributed by atoms with Gasteiger partial charge in [0, 0.05) is 20.6 Å². The van der Waals surface area contributed by atoms with Crippen LogP contribution in [-0.4, -0.2) is 45.7 Å². The molecular weight excluding hydrogens is 441 g/mol. The average Bonchev–Trinajstić information content (AvgIpc) is 2.64. The first-order valence-corrected chi connectivity index (χ1v) is 8.34. The lowest BCUT2D eigenvalue weighted by Gasteiger charge is -2.18. The van der Waals surface area contributed by atoms with E-state index in [4.69, 9.17) is 9.47 Å². The summed E-state index contributed by atoms with van der Waals surface area (Å²) >= 11 is 0. The van der Waals surface area contributed by atoms with Crippen LogP contribution in [-0.2, 0) is 13.0 Å². The highest BCUT2D eigenvalue weighted by atomic mass is 127. The topological polar surface area (TPSA) is 46.1 Å². The fourth-order valence-electron chi connectivity index (χ4n) is 2.49. The summed E-state index contributed by atoms with van der Waals surface area (Å²) in [4.78, 5) is 6.67. The first kappa shape index (κ1) is 22.1. The monoisotopic (exact) mass is 469 g/mol. The lowest BCUT2D eigenvalue weighted by Crippen LogP contribution is -2.37. The summed E-state index contributed by atoms with van der Waals surface area (Å²) in [5.41, 5.74) is 2.30. The van der Waals surface area contributed by atoms with Crippen LogP contribution in [0.25, 0.3) is 0 Å². The second-order valence-electron chi connectivity index (χ2n) is 5.87. The van der Waals surface area contributed by atoms with E-state index < -0.39 is 0 Å². The Hall–Kier alpha value is -1.96. The van der Waals surface area contributed by atoms with Gasteiger partial charge in [0.05, 0.1) is 20.8 Å². The minimum Gasteiger partial charge on any atom is -0.497 e. The molecule has 0 aliphatic rings. The number of nitrogens with zero attached hydrogens (tertiary/aromatic N) is 2. The standard InChI is InChI=1S/C20H27N3O2.HI/c1-23(2)20(22-15-16-8-6-5-7-9-16)21-13-12-17-14-18(24-3)10-11-19(17)25-4;/h5-11,14H,12-13,15H2,1-4H3,(H,21,22);1H. The Morgan fingerprint density at radius 1 is 1.04 bits per heavy atom. The third-order valence-corrected chi connectivity index (χ3v) is 3.84. The van der Waals surface area contributed by atoms with Crippen LogP contribution in [0.15, 0.2) is 53.5 Å². The second kappa shape index (κ2) is 11.6. The molecule has 1 N–H and O–H groups in total. The molecule has 0 radical (unpaired) electrons. The van der Waals surface area contributed by atoms with E-state index in [1.807, 2.05) is 55.4 Å². The minimum absolute atomic E-state index is 0. The predicted octanol–water partition coefficient (Wildman–Crippen LogP) is 3.57. The quantitative estimate of drug-likeness (QED) is 0.383. The zero-order chi connectivity index (χ0) is 18.1. The van der Waals surface area contributed by atoms with Crippen LogP contribution in [0.3, 0.4) is 0 Å². The zero-order valence-corrected chi connectivity index (χ0v) is 18.2. The minimum atomic E-state index is 0. The molecule has 26 heavy (non-hydrogen) atoms. The van der Waals surface area contributed by atoms with Crippen LogP contribution in [0.1, 0.15) is 11.1 Å². The van der Waals surface area contributed by atoms with E-state index in [1.165, 1.54) is 5.56 Å². The Morgan fingerprint density at radius 2 is 1.77 bits per heavy atom. The van der Waals surface area contributed by atoms with Crippen molar-refractivity contribution in [2.45, 2.75) is 13.0 Å². The maximum atomic E-state index is 5.43. The molecule has 5 nitrogen and oxygen atoms in total. The SMILES string of the molecule is COc1ccc(OC)c(CCNC(=NCc2ccccc2)N(C)C)c1.I. The van der Waals surface area contributed by atoms with Gasteiger partial charge in [-0.25, -0.2) is 4.99 Å². The van der Waals surface area contributed by atoms with Crippen LogP contribution in [0.2, 0.25) is 0 Å². The van der Waals surface area contributed by atoms with Gasteiger partial charge in [0.25, 0.3) is 0 Å². The molecule has 2 rings (SSSR count). The third kappa shape index (κ3) is 6.74. The highest BCUT2D eigenvalue weighted by Gasteiger charge is 2.07. The van der Waals surface area contributed by atoms with Gasteiger partial charge < -0.3 is 19.7 Å². The van der Waals surface area contributed by atoms with Crippen LogP contribution < -0.4 is 14.8 Å². The Morgan fingerprint density at radius 3 is 2.38 bits per heavy atom. The van der Waals surface area contributed by atoms with Crippen molar-refractivity contribution in [2.24, 2.45) is 4.99 Å². The van der Waals surface area contributed by atoms with E-state index in [1.54, 1.807) is 14.2 Å². The number of rotatable bonds is 7. The van der Waals surface area contributed by atoms with Gasteiger partial charge in [-0.05, 0) is 35.7 Å². The van der Waals surface area contributed by atoms with Crippen molar-refractivity contribution in [3.8, 4) is 11.5 Å². The molecule has 6 heteroatoms. The maximum Gasteiger partial charge on any atom is 0.193 e. The van der Waals surface area contributed by atoms with Crippen molar-refractivity contribution in [3.63, 3.8) is 0 Å². The third-order valence-electron chi connectivity index (χ3n) is 3.84. The lowest BCUT2D eigenvalue weighted by molar-refractivity contribution is 0.398. The molecule has 0 aliphatic heterocycles. The van der Waals surface area contributed by atoms with Gasteiger partial charge in [0.2, 0.25) is 0 Å². The van der Waals surface area contributed by atoms with Gasteiger partial charge in [-0.1, -0.05) is 30.3 Å². The number of hydrogen-bond acceptors (Lipinski definition) is 3. The van der Waals surface area contributed by atoms with Crippen molar-refractivity contribution >= 4 is 29.9 Å². The molecule has 2 aromatic rings. The largest absolute Gasteiger partial charge is 0.497 e. The van der Waals surface area contributed by atoms with Gasteiger partial charge >= 0.3 is 0 Å². The molecule has 0 saturated heterocycles. The van der Waals surface area contributed by atoms with Gasteiger partial charge in [-0.2, -0.15) is 0 Å². The van der Waals surface area contributed by atoms with Crippen LogP contribution >= 0.6 is 24.0 Å². The van der Waals surface area contributed by atoms with Crippen molar-refractivity contribution in [1.82, 2.24) is 10.2 Å². The van der Waals surface area contributed by atoms with Crippen LogP contribution in [0.4, 0.5) is 0 Å². The van der Waals surface area contributed by atoms with E-state index in [9.17, 15) is 0 Å². The Labute approximate surface area is 173 Å². The summed E-state index contributed by atoms with van der Waals surface area (Å²) in [6.07, 6.45) is 0.818. The van der Waals surface area contributed by atoms with Crippen molar-refractivity contribution in [1.29, 1.82) is 0 Å². The van der Waals surface area contributed by atoms with Gasteiger partial charge in [-0.15, -0.1) is 24.0 Å². The number of guanidine groups is 1. The molecule has 2 aromatic carbocycles. The van der Waals surface area contributed by atoms with Crippen molar-refractivity contribution in [3.05, 3.63) is 59.7 Å². The second-order valence-corrected chi connectivity index (χ2v) is 5.87. The Bertz CT molecular complexity index is 691. The predicted molar refractivity (Wildman–Crippen MR) is 118 cm³/mol. The summed E-state index contributed by atoms with van der Waals surface area (Å²) in [7, 11) is 7.33. The Balaban J connectivity index is 0.00000338. The molecule has 0 amide bonds. The number of ether oxygens (including phenoxy) is 2. The number of benzene rings is 2. The van der Waals surface area contributed by atoms with E-state index in [-0.39, 0.29) is 24.0 Å². The molecule has 0 bridgehead atoms. The van der Waals surface area contributed by atoms with E-state index in [2.05, 4.69) is 22.4 Å². The smallest absolute Gasteiger partial charge is 0.193 e. The molecule has 0 aromatic heterocycles. The molecule has 0 atom stereocenters. The van der Waals surface area contributed by atoms with Gasteiger partial charge in [0.15, 0.2) is 5.96 Å². The summed E-state index contributed by atoms with van der Waals surface area (Å²) in [5.74, 6) is 2.57. The molecule has 0 heterocycles. The molecule has 0 saturated carbocycles. The van der Waals surface area contributed by atoms with E-state index in [0.717, 1.165) is 36.0 Å². The Kier molecular flexibility index (Phi) is 9.87. The molecule has 0 aliphatic carbocycles. The summed E-state index contributed by atoms with van der Waals surface area (Å²) in [5, 5.41) is 3.41. The molecular formula is C20H28IN3O2. The highest BCUT2D eigenvalue weighted by Crippen LogP contribution is 2.24. The van der Waals surface area contributed by atoms with Crippen LogP contribution in [0.5, 0.6) is 11.5 Å². The number of hydrogen-bond donors (Lipinski definition) is 1. The summed E-state index contributed by atoms with van der Waals surface area (Å²) in [6, 6.07) is 16.1. The van der Waals surface area contributed by atoms with Crippen LogP contribution in [0, 0.1) is 0 Å². The van der Waals surface area contributed by atoms with Gasteiger partial charge in [0.1, 0.15) is 11.5 Å². The van der Waals surface area contributed by atoms with Crippen molar-refractivity contribution < 1.29 is 9.47 Å². The van der Waals surface area contributed by atoms with E-state index >= 15 is 0 Å². The molecule has 0 spiro atoms. The highest BCUT2D eigenvalue weighted by molar-refractivity contribution is 14.0. The number of aliphatic imine (C=N–C) groups is 1. The fourth-order valence-corrected chi connectivity index (χ4v) is 2.49. The maximum absolute atomic E-state index is 5.43. The molecule has 0 fully saturated rings.